The van der Waals surface area contributed by atoms with E-state index < -0.39 is 0 Å². The number of aromatic nitrogens is 2. The van der Waals surface area contributed by atoms with Gasteiger partial charge in [-0.2, -0.15) is 0 Å². The topological polar surface area (TPSA) is 29.8 Å². The van der Waals surface area contributed by atoms with Crippen LogP contribution in [-0.4, -0.2) is 44.9 Å². The van der Waals surface area contributed by atoms with Gasteiger partial charge >= 0.3 is 0 Å². The predicted molar refractivity (Wildman–Crippen MR) is 86.2 cm³/mol. The Morgan fingerprint density at radius 2 is 2.20 bits per heavy atom. The average molecular weight is 307 g/mol. The van der Waals surface area contributed by atoms with Crippen molar-refractivity contribution in [3.8, 4) is 0 Å². The summed E-state index contributed by atoms with van der Waals surface area (Å²) in [5.74, 6) is 0.817. The van der Waals surface area contributed by atoms with E-state index in [1.807, 2.05) is 12.1 Å². The summed E-state index contributed by atoms with van der Waals surface area (Å²) in [6, 6.07) is 6.15. The summed E-state index contributed by atoms with van der Waals surface area (Å²) < 4.78 is 8.40. The molecule has 2 aromatic heterocycles. The third-order valence-electron chi connectivity index (χ3n) is 3.36. The van der Waals surface area contributed by atoms with Crippen LogP contribution in [0.5, 0.6) is 0 Å². The fraction of sp³-hybridized carbons (Fsp3) is 0.429. The van der Waals surface area contributed by atoms with Gasteiger partial charge in [0.1, 0.15) is 9.97 Å². The van der Waals surface area contributed by atoms with Crippen molar-refractivity contribution in [2.45, 2.75) is 12.7 Å². The van der Waals surface area contributed by atoms with Gasteiger partial charge in [0.2, 0.25) is 0 Å². The van der Waals surface area contributed by atoms with Crippen LogP contribution in [0.15, 0.2) is 24.4 Å². The van der Waals surface area contributed by atoms with Crippen LogP contribution in [0.3, 0.4) is 0 Å². The lowest BCUT2D eigenvalue weighted by molar-refractivity contribution is 0.0702. The summed E-state index contributed by atoms with van der Waals surface area (Å²) >= 11 is 7.16. The first-order chi connectivity index (χ1) is 9.74. The number of thiocarbonyl (C=S) groups is 1. The maximum Gasteiger partial charge on any atom is 0.137 e. The van der Waals surface area contributed by atoms with Gasteiger partial charge in [-0.3, -0.25) is 0 Å². The van der Waals surface area contributed by atoms with E-state index in [1.165, 1.54) is 5.69 Å². The minimum absolute atomic E-state index is 0.772. The molecule has 6 heteroatoms. The zero-order chi connectivity index (χ0) is 13.9. The monoisotopic (exact) mass is 307 g/mol. The van der Waals surface area contributed by atoms with Crippen molar-refractivity contribution in [2.24, 2.45) is 0 Å². The number of thioether (sulfide) groups is 1. The second-order valence-corrected chi connectivity index (χ2v) is 6.39. The van der Waals surface area contributed by atoms with Crippen molar-refractivity contribution >= 4 is 33.9 Å². The molecule has 2 aromatic rings. The minimum Gasteiger partial charge on any atom is -0.378 e. The quantitative estimate of drug-likeness (QED) is 0.795. The number of aryl methyl sites for hydroxylation is 1. The Morgan fingerprint density at radius 3 is 2.95 bits per heavy atom. The van der Waals surface area contributed by atoms with Crippen molar-refractivity contribution in [3.05, 3.63) is 35.8 Å². The number of rotatable bonds is 2. The van der Waals surface area contributed by atoms with Crippen LogP contribution in [-0.2, 0) is 10.5 Å². The minimum atomic E-state index is 0.772. The smallest absolute Gasteiger partial charge is 0.137 e. The molecule has 0 unspecified atom stereocenters. The number of nitrogens with zero attached hydrogens (tertiary/aromatic N) is 3. The number of hydrogen-bond acceptors (Lipinski definition) is 4. The first-order valence-corrected chi connectivity index (χ1v) is 8.06. The van der Waals surface area contributed by atoms with Crippen LogP contribution < -0.4 is 0 Å². The molecule has 106 valence electrons. The highest BCUT2D eigenvalue weighted by Crippen LogP contribution is 2.18. The Kier molecular flexibility index (Phi) is 4.24. The lowest BCUT2D eigenvalue weighted by atomic mass is 10.4. The van der Waals surface area contributed by atoms with Crippen LogP contribution in [0.25, 0.3) is 5.65 Å². The van der Waals surface area contributed by atoms with E-state index in [-0.39, 0.29) is 0 Å². The van der Waals surface area contributed by atoms with Crippen molar-refractivity contribution in [1.82, 2.24) is 14.3 Å². The molecule has 3 heterocycles. The number of hydrogen-bond donors (Lipinski definition) is 0. The number of fused-ring (bicyclic) bond motifs is 1. The van der Waals surface area contributed by atoms with Gasteiger partial charge in [-0.1, -0.05) is 30.0 Å². The van der Waals surface area contributed by atoms with Crippen molar-refractivity contribution in [1.29, 1.82) is 0 Å². The van der Waals surface area contributed by atoms with Gasteiger partial charge in [0.05, 0.1) is 18.9 Å². The van der Waals surface area contributed by atoms with Gasteiger partial charge in [0.15, 0.2) is 0 Å². The van der Waals surface area contributed by atoms with E-state index in [9.17, 15) is 0 Å². The number of ether oxygens (including phenoxy) is 1. The summed E-state index contributed by atoms with van der Waals surface area (Å²) in [7, 11) is 0. The first-order valence-electron chi connectivity index (χ1n) is 6.67. The maximum atomic E-state index is 5.48. The zero-order valence-corrected chi connectivity index (χ0v) is 13.0. The van der Waals surface area contributed by atoms with Gasteiger partial charge in [0, 0.05) is 30.7 Å². The standard InChI is InChI=1S/C14H17N3OS2/c1-11-3-2-4-13-15-12(9-17(11)13)10-20-14(19)16-5-7-18-8-6-16/h2-4,9H,5-8,10H2,1H3. The molecule has 1 saturated heterocycles. The van der Waals surface area contributed by atoms with E-state index in [0.717, 1.165) is 47.7 Å². The molecule has 0 aromatic carbocycles. The Labute approximate surface area is 128 Å². The number of pyridine rings is 1. The lowest BCUT2D eigenvalue weighted by Gasteiger charge is -2.28. The summed E-state index contributed by atoms with van der Waals surface area (Å²) in [5.41, 5.74) is 3.26. The highest BCUT2D eigenvalue weighted by atomic mass is 32.2. The zero-order valence-electron chi connectivity index (χ0n) is 11.4. The predicted octanol–water partition coefficient (Wildman–Crippen LogP) is 2.49. The van der Waals surface area contributed by atoms with E-state index in [2.05, 4.69) is 33.5 Å². The molecule has 20 heavy (non-hydrogen) atoms. The van der Waals surface area contributed by atoms with Crippen molar-refractivity contribution in [2.75, 3.05) is 26.3 Å². The first kappa shape index (κ1) is 13.9. The summed E-state index contributed by atoms with van der Waals surface area (Å²) in [5, 5.41) is 0. The molecule has 3 rings (SSSR count). The molecular formula is C14H17N3OS2. The molecule has 1 fully saturated rings. The highest BCUT2D eigenvalue weighted by molar-refractivity contribution is 8.22. The van der Waals surface area contributed by atoms with Crippen LogP contribution in [0.2, 0.25) is 0 Å². The summed E-state index contributed by atoms with van der Waals surface area (Å²) in [6.07, 6.45) is 2.10. The third-order valence-corrected chi connectivity index (χ3v) is 4.92. The molecule has 0 bridgehead atoms. The second kappa shape index (κ2) is 6.11. The van der Waals surface area contributed by atoms with Crippen LogP contribution in [0.4, 0.5) is 0 Å². The lowest BCUT2D eigenvalue weighted by Crippen LogP contribution is -2.38. The number of morpholine rings is 1. The molecule has 1 aliphatic rings. The Balaban J connectivity index is 1.64. The fourth-order valence-electron chi connectivity index (χ4n) is 2.24. The summed E-state index contributed by atoms with van der Waals surface area (Å²) in [4.78, 5) is 6.84. The van der Waals surface area contributed by atoms with Gasteiger partial charge in [-0.15, -0.1) is 0 Å². The van der Waals surface area contributed by atoms with Gasteiger partial charge in [0.25, 0.3) is 0 Å². The highest BCUT2D eigenvalue weighted by Gasteiger charge is 2.14. The van der Waals surface area contributed by atoms with Crippen molar-refractivity contribution < 1.29 is 4.74 Å². The van der Waals surface area contributed by atoms with Gasteiger partial charge in [-0.05, 0) is 19.1 Å². The fourth-order valence-corrected chi connectivity index (χ4v) is 3.38. The molecule has 0 radical (unpaired) electrons. The Hall–Kier alpha value is -1.11. The Morgan fingerprint density at radius 1 is 1.40 bits per heavy atom. The molecule has 0 amide bonds. The van der Waals surface area contributed by atoms with E-state index in [1.54, 1.807) is 11.8 Å². The van der Waals surface area contributed by atoms with Crippen molar-refractivity contribution in [3.63, 3.8) is 0 Å². The normalized spacial score (nSPS) is 15.8. The van der Waals surface area contributed by atoms with E-state index in [4.69, 9.17) is 17.0 Å². The van der Waals surface area contributed by atoms with Crippen LogP contribution in [0.1, 0.15) is 11.4 Å². The van der Waals surface area contributed by atoms with Gasteiger partial charge < -0.3 is 14.0 Å². The molecular weight excluding hydrogens is 290 g/mol. The van der Waals surface area contributed by atoms with Crippen LogP contribution in [0, 0.1) is 6.92 Å². The molecule has 0 saturated carbocycles. The Bertz CT molecular complexity index is 620. The van der Waals surface area contributed by atoms with Gasteiger partial charge in [-0.25, -0.2) is 4.98 Å². The molecule has 0 N–H and O–H groups in total. The molecule has 0 spiro atoms. The molecule has 0 atom stereocenters. The van der Waals surface area contributed by atoms with Crippen LogP contribution >= 0.6 is 24.0 Å². The average Bonchev–Trinajstić information content (AvgIpc) is 2.90. The molecule has 0 aliphatic carbocycles. The molecule has 1 aliphatic heterocycles. The summed E-state index contributed by atoms with van der Waals surface area (Å²) in [6.45, 7) is 5.43. The van der Waals surface area contributed by atoms with E-state index >= 15 is 0 Å². The number of imidazole rings is 1. The second-order valence-electron chi connectivity index (χ2n) is 4.78. The SMILES string of the molecule is Cc1cccc2nc(CSC(=S)N3CCOCC3)cn12. The maximum absolute atomic E-state index is 5.48. The molecule has 4 nitrogen and oxygen atoms in total. The van der Waals surface area contributed by atoms with E-state index in [0.29, 0.717) is 0 Å². The third kappa shape index (κ3) is 2.97. The largest absolute Gasteiger partial charge is 0.378 e.